The van der Waals surface area contributed by atoms with Crippen LogP contribution in [0.1, 0.15) is 25.8 Å². The molecule has 1 aromatic carbocycles. The first-order valence-corrected chi connectivity index (χ1v) is 6.16. The van der Waals surface area contributed by atoms with E-state index in [-0.39, 0.29) is 12.5 Å². The van der Waals surface area contributed by atoms with Gasteiger partial charge in [0.1, 0.15) is 0 Å². The van der Waals surface area contributed by atoms with Gasteiger partial charge in [0, 0.05) is 18.7 Å². The molecule has 4 N–H and O–H groups in total. The number of amides is 1. The largest absolute Gasteiger partial charge is 0.481 e. The second-order valence-electron chi connectivity index (χ2n) is 5.21. The molecule has 1 amide bonds. The summed E-state index contributed by atoms with van der Waals surface area (Å²) in [6.45, 7) is 3.28. The lowest BCUT2D eigenvalue weighted by molar-refractivity contribution is -0.146. The standard InChI is InChI=1S/C14H20N2O3/c1-14(2,13(18)19)9-16-12(17)7-6-10-4-3-5-11(15)8-10/h3-5,8H,6-7,9,15H2,1-2H3,(H,16,17)(H,18,19). The zero-order chi connectivity index (χ0) is 14.5. The van der Waals surface area contributed by atoms with Crippen LogP contribution in [-0.4, -0.2) is 23.5 Å². The molecule has 0 fully saturated rings. The van der Waals surface area contributed by atoms with Gasteiger partial charge in [0.05, 0.1) is 5.41 Å². The monoisotopic (exact) mass is 264 g/mol. The van der Waals surface area contributed by atoms with Crippen molar-refractivity contribution in [3.05, 3.63) is 29.8 Å². The number of carboxylic acid groups (broad SMARTS) is 1. The number of hydrogen-bond donors (Lipinski definition) is 3. The number of nitrogen functional groups attached to an aromatic ring is 1. The van der Waals surface area contributed by atoms with Crippen LogP contribution >= 0.6 is 0 Å². The number of nitrogens with one attached hydrogen (secondary N) is 1. The molecule has 0 heterocycles. The molecule has 5 heteroatoms. The van der Waals surface area contributed by atoms with Gasteiger partial charge in [-0.2, -0.15) is 0 Å². The van der Waals surface area contributed by atoms with Crippen LogP contribution in [0, 0.1) is 5.41 Å². The van der Waals surface area contributed by atoms with Crippen LogP contribution < -0.4 is 11.1 Å². The normalized spacial score (nSPS) is 11.1. The van der Waals surface area contributed by atoms with Crippen molar-refractivity contribution < 1.29 is 14.7 Å². The van der Waals surface area contributed by atoms with Crippen LogP contribution in [0.2, 0.25) is 0 Å². The van der Waals surface area contributed by atoms with Gasteiger partial charge in [-0.05, 0) is 38.0 Å². The molecule has 0 aliphatic carbocycles. The first kappa shape index (κ1) is 15.0. The Morgan fingerprint density at radius 2 is 2.05 bits per heavy atom. The third-order valence-electron chi connectivity index (χ3n) is 2.90. The minimum atomic E-state index is -0.952. The summed E-state index contributed by atoms with van der Waals surface area (Å²) in [4.78, 5) is 22.5. The number of aryl methyl sites for hydroxylation is 1. The second kappa shape index (κ2) is 6.22. The molecule has 19 heavy (non-hydrogen) atoms. The Hall–Kier alpha value is -2.04. The van der Waals surface area contributed by atoms with Crippen LogP contribution in [-0.2, 0) is 16.0 Å². The smallest absolute Gasteiger partial charge is 0.310 e. The number of aliphatic carboxylic acids is 1. The summed E-state index contributed by atoms with van der Waals surface area (Å²) in [5, 5.41) is 11.6. The van der Waals surface area contributed by atoms with Gasteiger partial charge in [-0.15, -0.1) is 0 Å². The molecule has 1 rings (SSSR count). The summed E-state index contributed by atoms with van der Waals surface area (Å²) in [6, 6.07) is 7.37. The number of nitrogens with two attached hydrogens (primary N) is 1. The van der Waals surface area contributed by atoms with Crippen molar-refractivity contribution in [1.82, 2.24) is 5.32 Å². The van der Waals surface area contributed by atoms with Crippen molar-refractivity contribution in [2.45, 2.75) is 26.7 Å². The topological polar surface area (TPSA) is 92.4 Å². The van der Waals surface area contributed by atoms with Gasteiger partial charge < -0.3 is 16.2 Å². The second-order valence-corrected chi connectivity index (χ2v) is 5.21. The van der Waals surface area contributed by atoms with E-state index in [1.807, 2.05) is 18.2 Å². The molecule has 0 radical (unpaired) electrons. The fourth-order valence-electron chi connectivity index (χ4n) is 1.49. The lowest BCUT2D eigenvalue weighted by Gasteiger charge is -2.19. The van der Waals surface area contributed by atoms with Crippen LogP contribution in [0.5, 0.6) is 0 Å². The molecule has 5 nitrogen and oxygen atoms in total. The summed E-state index contributed by atoms with van der Waals surface area (Å²) >= 11 is 0. The van der Waals surface area contributed by atoms with Crippen LogP contribution in [0.15, 0.2) is 24.3 Å². The Morgan fingerprint density at radius 3 is 2.63 bits per heavy atom. The number of anilines is 1. The van der Waals surface area contributed by atoms with Gasteiger partial charge in [0.2, 0.25) is 5.91 Å². The zero-order valence-electron chi connectivity index (χ0n) is 11.3. The van der Waals surface area contributed by atoms with E-state index in [4.69, 9.17) is 10.8 Å². The van der Waals surface area contributed by atoms with Crippen molar-refractivity contribution in [2.24, 2.45) is 5.41 Å². The highest BCUT2D eigenvalue weighted by Crippen LogP contribution is 2.13. The first-order valence-electron chi connectivity index (χ1n) is 6.16. The Balaban J connectivity index is 2.39. The van der Waals surface area contributed by atoms with Crippen molar-refractivity contribution >= 4 is 17.6 Å². The van der Waals surface area contributed by atoms with E-state index in [9.17, 15) is 9.59 Å². The number of rotatable bonds is 6. The maximum Gasteiger partial charge on any atom is 0.310 e. The van der Waals surface area contributed by atoms with Crippen LogP contribution in [0.3, 0.4) is 0 Å². The highest BCUT2D eigenvalue weighted by molar-refractivity contribution is 5.78. The predicted octanol–water partition coefficient (Wildman–Crippen LogP) is 1.43. The first-order chi connectivity index (χ1) is 8.81. The van der Waals surface area contributed by atoms with E-state index < -0.39 is 11.4 Å². The number of hydrogen-bond acceptors (Lipinski definition) is 3. The van der Waals surface area contributed by atoms with Gasteiger partial charge in [0.15, 0.2) is 0 Å². The van der Waals surface area contributed by atoms with E-state index >= 15 is 0 Å². The fourth-order valence-corrected chi connectivity index (χ4v) is 1.49. The van der Waals surface area contributed by atoms with Crippen molar-refractivity contribution in [3.63, 3.8) is 0 Å². The van der Waals surface area contributed by atoms with Gasteiger partial charge in [0.25, 0.3) is 0 Å². The number of carbonyl (C=O) groups excluding carboxylic acids is 1. The van der Waals surface area contributed by atoms with E-state index in [0.29, 0.717) is 18.5 Å². The Morgan fingerprint density at radius 1 is 1.37 bits per heavy atom. The average molecular weight is 264 g/mol. The van der Waals surface area contributed by atoms with E-state index in [0.717, 1.165) is 5.56 Å². The summed E-state index contributed by atoms with van der Waals surface area (Å²) in [5.41, 5.74) is 6.36. The molecular formula is C14H20N2O3. The average Bonchev–Trinajstić information content (AvgIpc) is 2.34. The van der Waals surface area contributed by atoms with Crippen molar-refractivity contribution in [3.8, 4) is 0 Å². The molecule has 0 aliphatic rings. The Kier molecular flexibility index (Phi) is 4.92. The summed E-state index contributed by atoms with van der Waals surface area (Å²) < 4.78 is 0. The van der Waals surface area contributed by atoms with Gasteiger partial charge in [-0.3, -0.25) is 9.59 Å². The maximum absolute atomic E-state index is 11.6. The summed E-state index contributed by atoms with van der Waals surface area (Å²) in [5.74, 6) is -1.08. The lowest BCUT2D eigenvalue weighted by atomic mass is 9.94. The Labute approximate surface area is 112 Å². The van der Waals surface area contributed by atoms with Gasteiger partial charge in [-0.25, -0.2) is 0 Å². The van der Waals surface area contributed by atoms with E-state index in [2.05, 4.69) is 5.32 Å². The lowest BCUT2D eigenvalue weighted by Crippen LogP contribution is -2.38. The third-order valence-corrected chi connectivity index (χ3v) is 2.90. The van der Waals surface area contributed by atoms with Crippen LogP contribution in [0.25, 0.3) is 0 Å². The summed E-state index contributed by atoms with van der Waals surface area (Å²) in [7, 11) is 0. The van der Waals surface area contributed by atoms with E-state index in [1.54, 1.807) is 19.9 Å². The molecule has 0 aliphatic heterocycles. The van der Waals surface area contributed by atoms with Crippen LogP contribution in [0.4, 0.5) is 5.69 Å². The molecule has 0 spiro atoms. The summed E-state index contributed by atoms with van der Waals surface area (Å²) in [6.07, 6.45) is 0.906. The number of carboxylic acids is 1. The minimum absolute atomic E-state index is 0.123. The van der Waals surface area contributed by atoms with E-state index in [1.165, 1.54) is 0 Å². The molecule has 0 atom stereocenters. The van der Waals surface area contributed by atoms with Gasteiger partial charge >= 0.3 is 5.97 Å². The highest BCUT2D eigenvalue weighted by Gasteiger charge is 2.27. The molecule has 0 unspecified atom stereocenters. The quantitative estimate of drug-likeness (QED) is 0.678. The SMILES string of the molecule is CC(C)(CNC(=O)CCc1cccc(N)c1)C(=O)O. The minimum Gasteiger partial charge on any atom is -0.481 e. The molecule has 0 aromatic heterocycles. The fraction of sp³-hybridized carbons (Fsp3) is 0.429. The molecule has 104 valence electrons. The third kappa shape index (κ3) is 4.99. The molecule has 0 saturated heterocycles. The molecule has 0 saturated carbocycles. The maximum atomic E-state index is 11.6. The van der Waals surface area contributed by atoms with Crippen molar-refractivity contribution in [1.29, 1.82) is 0 Å². The molecule has 0 bridgehead atoms. The van der Waals surface area contributed by atoms with Gasteiger partial charge in [-0.1, -0.05) is 12.1 Å². The number of carbonyl (C=O) groups is 2. The zero-order valence-corrected chi connectivity index (χ0v) is 11.3. The molecule has 1 aromatic rings. The Bertz CT molecular complexity index is 470. The highest BCUT2D eigenvalue weighted by atomic mass is 16.4. The van der Waals surface area contributed by atoms with Crippen molar-refractivity contribution in [2.75, 3.05) is 12.3 Å². The molecular weight excluding hydrogens is 244 g/mol. The predicted molar refractivity (Wildman–Crippen MR) is 73.6 cm³/mol. The number of benzene rings is 1.